The zero-order valence-electron chi connectivity index (χ0n) is 21.6. The number of allylic oxidation sites excluding steroid dienone is 1. The van der Waals surface area contributed by atoms with Crippen molar-refractivity contribution in [2.75, 3.05) is 24.5 Å². The van der Waals surface area contributed by atoms with E-state index in [0.717, 1.165) is 45.3 Å². The Balaban J connectivity index is 1.60. The second kappa shape index (κ2) is 13.1. The number of primary amides is 1. The maximum Gasteiger partial charge on any atom is 0.222 e. The zero-order valence-corrected chi connectivity index (χ0v) is 21.6. The van der Waals surface area contributed by atoms with Crippen LogP contribution in [0, 0.1) is 5.92 Å². The van der Waals surface area contributed by atoms with Gasteiger partial charge < -0.3 is 15.5 Å². The fraction of sp³-hybridized carbons (Fsp3) is 0.467. The van der Waals surface area contributed by atoms with Crippen molar-refractivity contribution in [1.29, 1.82) is 0 Å². The first-order chi connectivity index (χ1) is 16.8. The standard InChI is InChI=1S/C30H41N3O2/c1-23(2)15-20-33(27-13-11-26(12-14-27)10-9-25-7-5-4-6-8-25)28-16-18-32(19-17-28)30(35)22-24(3)21-29(31)34/h4-8,11-15,24,28H,9-10,16-22H2,1-3H3,(H2,31,34). The van der Waals surface area contributed by atoms with Crippen molar-refractivity contribution in [3.63, 3.8) is 0 Å². The van der Waals surface area contributed by atoms with Crippen LogP contribution in [-0.2, 0) is 22.4 Å². The van der Waals surface area contributed by atoms with Crippen molar-refractivity contribution in [3.05, 3.63) is 77.4 Å². The third-order valence-electron chi connectivity index (χ3n) is 6.84. The first kappa shape index (κ1) is 26.5. The van der Waals surface area contributed by atoms with E-state index in [2.05, 4.69) is 79.4 Å². The minimum Gasteiger partial charge on any atom is -0.370 e. The van der Waals surface area contributed by atoms with Gasteiger partial charge in [0.05, 0.1) is 0 Å². The van der Waals surface area contributed by atoms with Gasteiger partial charge in [-0.3, -0.25) is 9.59 Å². The summed E-state index contributed by atoms with van der Waals surface area (Å²) in [6.45, 7) is 8.58. The molecule has 0 radical (unpaired) electrons. The molecule has 2 aromatic rings. The van der Waals surface area contributed by atoms with E-state index in [1.165, 1.54) is 22.4 Å². The van der Waals surface area contributed by atoms with E-state index in [9.17, 15) is 9.59 Å². The van der Waals surface area contributed by atoms with E-state index in [-0.39, 0.29) is 24.2 Å². The summed E-state index contributed by atoms with van der Waals surface area (Å²) < 4.78 is 0. The molecule has 2 N–H and O–H groups in total. The molecule has 1 aliphatic rings. The first-order valence-corrected chi connectivity index (χ1v) is 12.9. The SMILES string of the molecule is CC(C)=CCN(c1ccc(CCc2ccccc2)cc1)C1CCN(C(=O)CC(C)CC(N)=O)CC1. The lowest BCUT2D eigenvalue weighted by Crippen LogP contribution is -2.47. The molecule has 5 nitrogen and oxygen atoms in total. The molecule has 1 aliphatic heterocycles. The molecule has 1 unspecified atom stereocenters. The third kappa shape index (κ3) is 8.57. The van der Waals surface area contributed by atoms with Gasteiger partial charge in [0, 0.05) is 44.2 Å². The quantitative estimate of drug-likeness (QED) is 0.458. The molecule has 1 fully saturated rings. The van der Waals surface area contributed by atoms with Gasteiger partial charge in [0.2, 0.25) is 11.8 Å². The van der Waals surface area contributed by atoms with E-state index >= 15 is 0 Å². The smallest absolute Gasteiger partial charge is 0.222 e. The Bertz CT molecular complexity index is 972. The highest BCUT2D eigenvalue weighted by molar-refractivity contribution is 5.78. The van der Waals surface area contributed by atoms with Crippen molar-refractivity contribution < 1.29 is 9.59 Å². The lowest BCUT2D eigenvalue weighted by molar-refractivity contribution is -0.133. The molecule has 0 bridgehead atoms. The Labute approximate surface area is 211 Å². The zero-order chi connectivity index (χ0) is 25.2. The maximum absolute atomic E-state index is 12.7. The Morgan fingerprint density at radius 1 is 0.971 bits per heavy atom. The molecule has 35 heavy (non-hydrogen) atoms. The second-order valence-electron chi connectivity index (χ2n) is 10.2. The van der Waals surface area contributed by atoms with Crippen LogP contribution in [0.25, 0.3) is 0 Å². The highest BCUT2D eigenvalue weighted by Gasteiger charge is 2.27. The normalized spacial score (nSPS) is 14.9. The number of carbonyl (C=O) groups is 2. The van der Waals surface area contributed by atoms with Gasteiger partial charge >= 0.3 is 0 Å². The van der Waals surface area contributed by atoms with Crippen LogP contribution >= 0.6 is 0 Å². The molecule has 0 saturated carbocycles. The number of hydrogen-bond donors (Lipinski definition) is 1. The Hall–Kier alpha value is -3.08. The number of nitrogens with two attached hydrogens (primary N) is 1. The predicted molar refractivity (Wildman–Crippen MR) is 144 cm³/mol. The number of anilines is 1. The third-order valence-corrected chi connectivity index (χ3v) is 6.84. The summed E-state index contributed by atoms with van der Waals surface area (Å²) in [6, 6.07) is 20.0. The van der Waals surface area contributed by atoms with Gasteiger partial charge in [-0.25, -0.2) is 0 Å². The molecule has 188 valence electrons. The summed E-state index contributed by atoms with van der Waals surface area (Å²) in [4.78, 5) is 28.3. The van der Waals surface area contributed by atoms with Crippen LogP contribution in [0.5, 0.6) is 0 Å². The number of aryl methyl sites for hydroxylation is 2. The number of piperidine rings is 1. The van der Waals surface area contributed by atoms with Crippen LogP contribution in [0.4, 0.5) is 5.69 Å². The first-order valence-electron chi connectivity index (χ1n) is 12.9. The van der Waals surface area contributed by atoms with Gasteiger partial charge in [-0.1, -0.05) is 61.0 Å². The summed E-state index contributed by atoms with van der Waals surface area (Å²) in [5.41, 5.74) is 10.6. The van der Waals surface area contributed by atoms with E-state index in [1.54, 1.807) is 0 Å². The molecule has 3 rings (SSSR count). The molecule has 0 aromatic heterocycles. The number of likely N-dealkylation sites (tertiary alicyclic amines) is 1. The number of hydrogen-bond acceptors (Lipinski definition) is 3. The maximum atomic E-state index is 12.7. The Kier molecular flexibility index (Phi) is 9.95. The lowest BCUT2D eigenvalue weighted by atomic mass is 9.98. The highest BCUT2D eigenvalue weighted by Crippen LogP contribution is 2.26. The van der Waals surface area contributed by atoms with E-state index in [4.69, 9.17) is 5.73 Å². The molecule has 1 saturated heterocycles. The van der Waals surface area contributed by atoms with Gasteiger partial charge in [-0.05, 0) is 68.7 Å². The van der Waals surface area contributed by atoms with Crippen molar-refractivity contribution in [2.45, 2.75) is 65.3 Å². The van der Waals surface area contributed by atoms with Gasteiger partial charge in [-0.2, -0.15) is 0 Å². The molecule has 0 aliphatic carbocycles. The minimum absolute atomic E-state index is 0.00714. The second-order valence-corrected chi connectivity index (χ2v) is 10.2. The van der Waals surface area contributed by atoms with Crippen LogP contribution < -0.4 is 10.6 Å². The van der Waals surface area contributed by atoms with Crippen LogP contribution in [0.15, 0.2) is 66.2 Å². The van der Waals surface area contributed by atoms with Gasteiger partial charge in [0.25, 0.3) is 0 Å². The van der Waals surface area contributed by atoms with Crippen LogP contribution in [-0.4, -0.2) is 42.4 Å². The molecule has 2 aromatic carbocycles. The van der Waals surface area contributed by atoms with Gasteiger partial charge in [-0.15, -0.1) is 0 Å². The number of rotatable bonds is 11. The van der Waals surface area contributed by atoms with Crippen molar-refractivity contribution in [2.24, 2.45) is 11.7 Å². The van der Waals surface area contributed by atoms with E-state index in [1.807, 2.05) is 11.8 Å². The fourth-order valence-electron chi connectivity index (χ4n) is 4.80. The monoisotopic (exact) mass is 475 g/mol. The molecular weight excluding hydrogens is 434 g/mol. The predicted octanol–water partition coefficient (Wildman–Crippen LogP) is 5.14. The molecular formula is C30H41N3O2. The van der Waals surface area contributed by atoms with Gasteiger partial charge in [0.1, 0.15) is 0 Å². The Morgan fingerprint density at radius 3 is 2.14 bits per heavy atom. The van der Waals surface area contributed by atoms with Crippen molar-refractivity contribution >= 4 is 17.5 Å². The summed E-state index contributed by atoms with van der Waals surface area (Å²) in [7, 11) is 0. The number of carbonyl (C=O) groups excluding carboxylic acids is 2. The minimum atomic E-state index is -0.343. The van der Waals surface area contributed by atoms with Crippen LogP contribution in [0.3, 0.4) is 0 Å². The lowest BCUT2D eigenvalue weighted by Gasteiger charge is -2.40. The number of nitrogens with zero attached hydrogens (tertiary/aromatic N) is 2. The van der Waals surface area contributed by atoms with E-state index in [0.29, 0.717) is 12.5 Å². The van der Waals surface area contributed by atoms with Crippen molar-refractivity contribution in [1.82, 2.24) is 4.90 Å². The summed E-state index contributed by atoms with van der Waals surface area (Å²) in [6.07, 6.45) is 6.91. The fourth-order valence-corrected chi connectivity index (χ4v) is 4.80. The average molecular weight is 476 g/mol. The molecule has 1 heterocycles. The summed E-state index contributed by atoms with van der Waals surface area (Å²) in [5, 5.41) is 0. The largest absolute Gasteiger partial charge is 0.370 e. The van der Waals surface area contributed by atoms with Crippen LogP contribution in [0.2, 0.25) is 0 Å². The number of benzene rings is 2. The van der Waals surface area contributed by atoms with Crippen LogP contribution in [0.1, 0.15) is 57.6 Å². The summed E-state index contributed by atoms with van der Waals surface area (Å²) >= 11 is 0. The molecule has 0 spiro atoms. The Morgan fingerprint density at radius 2 is 1.57 bits per heavy atom. The highest BCUT2D eigenvalue weighted by atomic mass is 16.2. The molecule has 5 heteroatoms. The average Bonchev–Trinajstić information content (AvgIpc) is 2.84. The van der Waals surface area contributed by atoms with E-state index < -0.39 is 0 Å². The topological polar surface area (TPSA) is 66.6 Å². The number of amides is 2. The van der Waals surface area contributed by atoms with Gasteiger partial charge in [0.15, 0.2) is 0 Å². The van der Waals surface area contributed by atoms with Crippen molar-refractivity contribution in [3.8, 4) is 0 Å². The summed E-state index contributed by atoms with van der Waals surface area (Å²) in [5.74, 6) is -0.215. The molecule has 2 amide bonds. The molecule has 1 atom stereocenters.